The van der Waals surface area contributed by atoms with Crippen molar-refractivity contribution in [3.05, 3.63) is 35.4 Å². The van der Waals surface area contributed by atoms with Gasteiger partial charge in [0.1, 0.15) is 0 Å². The van der Waals surface area contributed by atoms with Gasteiger partial charge in [-0.3, -0.25) is 4.79 Å². The standard InChI is InChI=1S/C16H22N2O3/c1-4-9-17-15(19)11-18(3)14-7-5-12(2)10-13(14)6-8-16(20)21/h5-8,10H,4,9,11H2,1-3H3,(H,17,19)(H,20,21)/b8-6+. The van der Waals surface area contributed by atoms with Crippen LogP contribution in [0.4, 0.5) is 5.69 Å². The fourth-order valence-corrected chi connectivity index (χ4v) is 1.94. The molecule has 0 aliphatic heterocycles. The van der Waals surface area contributed by atoms with E-state index < -0.39 is 5.97 Å². The highest BCUT2D eigenvalue weighted by Crippen LogP contribution is 2.22. The summed E-state index contributed by atoms with van der Waals surface area (Å²) in [5.41, 5.74) is 2.64. The molecule has 2 N–H and O–H groups in total. The van der Waals surface area contributed by atoms with Gasteiger partial charge in [-0.05, 0) is 37.1 Å². The lowest BCUT2D eigenvalue weighted by Gasteiger charge is -2.21. The average molecular weight is 290 g/mol. The number of nitrogens with zero attached hydrogens (tertiary/aromatic N) is 1. The maximum Gasteiger partial charge on any atom is 0.328 e. The largest absolute Gasteiger partial charge is 0.478 e. The van der Waals surface area contributed by atoms with Crippen LogP contribution in [-0.4, -0.2) is 37.1 Å². The second kappa shape index (κ2) is 8.09. The SMILES string of the molecule is CCCNC(=O)CN(C)c1ccc(C)cc1/C=C/C(=O)O. The first kappa shape index (κ1) is 16.8. The minimum absolute atomic E-state index is 0.0481. The van der Waals surface area contributed by atoms with Gasteiger partial charge in [-0.25, -0.2) is 4.79 Å². The molecule has 0 radical (unpaired) electrons. The summed E-state index contributed by atoms with van der Waals surface area (Å²) in [5.74, 6) is -1.04. The van der Waals surface area contributed by atoms with E-state index in [9.17, 15) is 9.59 Å². The molecule has 21 heavy (non-hydrogen) atoms. The maximum atomic E-state index is 11.8. The maximum absolute atomic E-state index is 11.8. The van der Waals surface area contributed by atoms with Crippen LogP contribution < -0.4 is 10.2 Å². The van der Waals surface area contributed by atoms with Crippen LogP contribution >= 0.6 is 0 Å². The normalized spacial score (nSPS) is 10.6. The Morgan fingerprint density at radius 1 is 1.38 bits per heavy atom. The first-order chi connectivity index (χ1) is 9.93. The molecular weight excluding hydrogens is 268 g/mol. The van der Waals surface area contributed by atoms with E-state index >= 15 is 0 Å². The molecule has 0 saturated heterocycles. The molecule has 114 valence electrons. The molecule has 0 aromatic heterocycles. The van der Waals surface area contributed by atoms with Crippen LogP contribution in [0.25, 0.3) is 6.08 Å². The molecule has 0 spiro atoms. The second-order valence-electron chi connectivity index (χ2n) is 4.94. The first-order valence-electron chi connectivity index (χ1n) is 6.93. The van der Waals surface area contributed by atoms with Crippen LogP contribution in [-0.2, 0) is 9.59 Å². The van der Waals surface area contributed by atoms with Crippen LogP contribution in [0.5, 0.6) is 0 Å². The quantitative estimate of drug-likeness (QED) is 0.754. The van der Waals surface area contributed by atoms with Crippen LogP contribution in [0.1, 0.15) is 24.5 Å². The first-order valence-corrected chi connectivity index (χ1v) is 6.93. The molecule has 0 bridgehead atoms. The highest BCUT2D eigenvalue weighted by Gasteiger charge is 2.10. The average Bonchev–Trinajstić information content (AvgIpc) is 2.42. The summed E-state index contributed by atoms with van der Waals surface area (Å²) in [6.07, 6.45) is 3.54. The Kier molecular flexibility index (Phi) is 6.46. The predicted molar refractivity (Wildman–Crippen MR) is 84.4 cm³/mol. The van der Waals surface area contributed by atoms with Crippen molar-refractivity contribution >= 4 is 23.6 Å². The summed E-state index contributed by atoms with van der Waals surface area (Å²) in [6, 6.07) is 5.73. The number of hydrogen-bond acceptors (Lipinski definition) is 3. The van der Waals surface area contributed by atoms with Gasteiger partial charge in [-0.15, -0.1) is 0 Å². The Bertz CT molecular complexity index is 538. The van der Waals surface area contributed by atoms with Crippen molar-refractivity contribution < 1.29 is 14.7 Å². The van der Waals surface area contributed by atoms with Crippen molar-refractivity contribution in [2.24, 2.45) is 0 Å². The van der Waals surface area contributed by atoms with E-state index in [2.05, 4.69) is 5.32 Å². The molecule has 0 fully saturated rings. The molecular formula is C16H22N2O3. The van der Waals surface area contributed by atoms with Gasteiger partial charge >= 0.3 is 5.97 Å². The smallest absolute Gasteiger partial charge is 0.328 e. The zero-order valence-corrected chi connectivity index (χ0v) is 12.7. The zero-order valence-electron chi connectivity index (χ0n) is 12.7. The lowest BCUT2D eigenvalue weighted by molar-refractivity contribution is -0.131. The highest BCUT2D eigenvalue weighted by molar-refractivity contribution is 5.88. The molecule has 1 rings (SSSR count). The summed E-state index contributed by atoms with van der Waals surface area (Å²) in [4.78, 5) is 24.2. The van der Waals surface area contributed by atoms with Crippen LogP contribution in [0.2, 0.25) is 0 Å². The summed E-state index contributed by atoms with van der Waals surface area (Å²) >= 11 is 0. The van der Waals surface area contributed by atoms with Gasteiger partial charge in [0, 0.05) is 25.4 Å². The number of carboxylic acids is 1. The topological polar surface area (TPSA) is 69.6 Å². The van der Waals surface area contributed by atoms with Gasteiger partial charge < -0.3 is 15.3 Å². The third-order valence-corrected chi connectivity index (χ3v) is 2.95. The van der Waals surface area contributed by atoms with Crippen LogP contribution in [0, 0.1) is 6.92 Å². The van der Waals surface area contributed by atoms with Crippen LogP contribution in [0.15, 0.2) is 24.3 Å². The monoisotopic (exact) mass is 290 g/mol. The second-order valence-corrected chi connectivity index (χ2v) is 4.94. The fourth-order valence-electron chi connectivity index (χ4n) is 1.94. The zero-order chi connectivity index (χ0) is 15.8. The number of nitrogens with one attached hydrogen (secondary N) is 1. The number of carbonyl (C=O) groups excluding carboxylic acids is 1. The Hall–Kier alpha value is -2.30. The summed E-state index contributed by atoms with van der Waals surface area (Å²) in [6.45, 7) is 4.83. The number of aryl methyl sites for hydroxylation is 1. The molecule has 0 heterocycles. The summed E-state index contributed by atoms with van der Waals surface area (Å²) < 4.78 is 0. The minimum Gasteiger partial charge on any atom is -0.478 e. The number of rotatable bonds is 7. The predicted octanol–water partition coefficient (Wildman–Crippen LogP) is 2.06. The molecule has 0 aliphatic rings. The Labute approximate surface area is 125 Å². The van der Waals surface area contributed by atoms with E-state index in [0.29, 0.717) is 6.54 Å². The molecule has 0 atom stereocenters. The lowest BCUT2D eigenvalue weighted by atomic mass is 10.1. The Morgan fingerprint density at radius 2 is 2.10 bits per heavy atom. The van der Waals surface area contributed by atoms with Gasteiger partial charge in [0.05, 0.1) is 6.54 Å². The number of hydrogen-bond donors (Lipinski definition) is 2. The number of benzene rings is 1. The van der Waals surface area contributed by atoms with Crippen molar-refractivity contribution in [3.63, 3.8) is 0 Å². The third-order valence-electron chi connectivity index (χ3n) is 2.95. The molecule has 1 amide bonds. The molecule has 5 heteroatoms. The summed E-state index contributed by atoms with van der Waals surface area (Å²) in [5, 5.41) is 11.6. The van der Waals surface area contributed by atoms with E-state index in [4.69, 9.17) is 5.11 Å². The van der Waals surface area contributed by atoms with E-state index in [1.807, 2.05) is 44.0 Å². The number of anilines is 1. The molecule has 1 aromatic rings. The van der Waals surface area contributed by atoms with E-state index in [1.54, 1.807) is 6.08 Å². The van der Waals surface area contributed by atoms with Gasteiger partial charge in [0.25, 0.3) is 0 Å². The van der Waals surface area contributed by atoms with Crippen molar-refractivity contribution in [1.29, 1.82) is 0 Å². The van der Waals surface area contributed by atoms with Gasteiger partial charge in [-0.2, -0.15) is 0 Å². The molecule has 5 nitrogen and oxygen atoms in total. The van der Waals surface area contributed by atoms with Gasteiger partial charge in [0.2, 0.25) is 5.91 Å². The minimum atomic E-state index is -0.995. The lowest BCUT2D eigenvalue weighted by Crippen LogP contribution is -2.35. The van der Waals surface area contributed by atoms with E-state index in [1.165, 1.54) is 0 Å². The van der Waals surface area contributed by atoms with Gasteiger partial charge in [0.15, 0.2) is 0 Å². The summed E-state index contributed by atoms with van der Waals surface area (Å²) in [7, 11) is 1.81. The Balaban J connectivity index is 2.90. The van der Waals surface area contributed by atoms with Gasteiger partial charge in [-0.1, -0.05) is 18.6 Å². The van der Waals surface area contributed by atoms with Crippen molar-refractivity contribution in [3.8, 4) is 0 Å². The fraction of sp³-hybridized carbons (Fsp3) is 0.375. The molecule has 0 saturated carbocycles. The molecule has 1 aromatic carbocycles. The number of carboxylic acid groups (broad SMARTS) is 1. The van der Waals surface area contributed by atoms with Crippen molar-refractivity contribution in [2.45, 2.75) is 20.3 Å². The van der Waals surface area contributed by atoms with Crippen LogP contribution in [0.3, 0.4) is 0 Å². The third kappa shape index (κ3) is 5.69. The molecule has 0 aliphatic carbocycles. The van der Waals surface area contributed by atoms with E-state index in [-0.39, 0.29) is 12.5 Å². The molecule has 0 unspecified atom stereocenters. The number of amides is 1. The van der Waals surface area contributed by atoms with E-state index in [0.717, 1.165) is 29.3 Å². The number of carbonyl (C=O) groups is 2. The van der Waals surface area contributed by atoms with Crippen molar-refractivity contribution in [2.75, 3.05) is 25.0 Å². The highest BCUT2D eigenvalue weighted by atomic mass is 16.4. The van der Waals surface area contributed by atoms with Crippen molar-refractivity contribution in [1.82, 2.24) is 5.32 Å². The Morgan fingerprint density at radius 3 is 2.71 bits per heavy atom. The number of aliphatic carboxylic acids is 1. The number of likely N-dealkylation sites (N-methyl/N-ethyl adjacent to an activating group) is 1.